The third-order valence-electron chi connectivity index (χ3n) is 5.49. The first-order valence-electron chi connectivity index (χ1n) is 9.18. The van der Waals surface area contributed by atoms with E-state index in [1.54, 1.807) is 25.0 Å². The van der Waals surface area contributed by atoms with E-state index in [1.165, 1.54) is 0 Å². The first-order valence-corrected chi connectivity index (χ1v) is 9.93. The lowest BCUT2D eigenvalue weighted by Gasteiger charge is -2.33. The summed E-state index contributed by atoms with van der Waals surface area (Å²) in [6.45, 7) is 2.83. The molecule has 0 radical (unpaired) electrons. The Hall–Kier alpha value is -1.99. The lowest BCUT2D eigenvalue weighted by Crippen LogP contribution is -2.45. The van der Waals surface area contributed by atoms with Crippen molar-refractivity contribution in [3.05, 3.63) is 27.7 Å². The lowest BCUT2D eigenvalue weighted by molar-refractivity contribution is -0.133. The van der Waals surface area contributed by atoms with Gasteiger partial charge in [-0.15, -0.1) is 0 Å². The van der Waals surface area contributed by atoms with Crippen molar-refractivity contribution in [1.29, 1.82) is 0 Å². The molecule has 2 aliphatic heterocycles. The molecular formula is C19H23Cl2N3O4. The summed E-state index contributed by atoms with van der Waals surface area (Å²) in [7, 11) is 1.58. The van der Waals surface area contributed by atoms with Gasteiger partial charge in [0.25, 0.3) is 5.91 Å². The number of imide groups is 1. The molecule has 2 fully saturated rings. The van der Waals surface area contributed by atoms with Crippen molar-refractivity contribution in [2.24, 2.45) is 0 Å². The lowest BCUT2D eigenvalue weighted by atomic mass is 9.88. The van der Waals surface area contributed by atoms with Gasteiger partial charge in [0, 0.05) is 30.1 Å². The molecule has 0 unspecified atom stereocenters. The first kappa shape index (κ1) is 20.7. The number of benzene rings is 1. The van der Waals surface area contributed by atoms with Crippen LogP contribution in [0.4, 0.5) is 4.79 Å². The van der Waals surface area contributed by atoms with Crippen LogP contribution in [0.5, 0.6) is 5.75 Å². The summed E-state index contributed by atoms with van der Waals surface area (Å²) < 4.78 is 5.44. The van der Waals surface area contributed by atoms with E-state index in [0.29, 0.717) is 28.9 Å². The molecule has 152 valence electrons. The van der Waals surface area contributed by atoms with Crippen LogP contribution >= 0.6 is 23.2 Å². The molecule has 0 saturated carbocycles. The highest BCUT2D eigenvalue weighted by Crippen LogP contribution is 2.40. The maximum absolute atomic E-state index is 12.6. The number of rotatable bonds is 5. The Kier molecular flexibility index (Phi) is 6.05. The number of piperidine rings is 1. The summed E-state index contributed by atoms with van der Waals surface area (Å²) in [5.74, 6) is 0.415. The largest absolute Gasteiger partial charge is 0.495 e. The summed E-state index contributed by atoms with van der Waals surface area (Å²) in [5.41, 5.74) is -0.0689. The number of ether oxygens (including phenoxy) is 1. The Labute approximate surface area is 173 Å². The topological polar surface area (TPSA) is 87.7 Å². The van der Waals surface area contributed by atoms with Crippen molar-refractivity contribution < 1.29 is 19.1 Å². The second kappa shape index (κ2) is 8.17. The van der Waals surface area contributed by atoms with Crippen LogP contribution in [0.3, 0.4) is 0 Å². The summed E-state index contributed by atoms with van der Waals surface area (Å²) >= 11 is 12.4. The number of halogens is 2. The zero-order valence-electron chi connectivity index (χ0n) is 15.8. The molecule has 1 atom stereocenters. The number of hydrogen-bond acceptors (Lipinski definition) is 4. The van der Waals surface area contributed by atoms with Gasteiger partial charge in [0.15, 0.2) is 0 Å². The molecule has 0 aliphatic carbocycles. The molecule has 2 heterocycles. The molecular weight excluding hydrogens is 405 g/mol. The van der Waals surface area contributed by atoms with Gasteiger partial charge in [-0.3, -0.25) is 14.9 Å². The van der Waals surface area contributed by atoms with Crippen molar-refractivity contribution in [2.45, 2.75) is 44.1 Å². The number of methoxy groups -OCH3 is 1. The van der Waals surface area contributed by atoms with Gasteiger partial charge >= 0.3 is 6.03 Å². The average molecular weight is 428 g/mol. The van der Waals surface area contributed by atoms with E-state index in [0.717, 1.165) is 18.4 Å². The molecule has 0 aromatic heterocycles. The molecule has 0 spiro atoms. The molecule has 1 aromatic carbocycles. The third-order valence-corrected chi connectivity index (χ3v) is 5.98. The Morgan fingerprint density at radius 1 is 1.29 bits per heavy atom. The number of carbonyl (C=O) groups excluding carboxylic acids is 3. The normalized spacial score (nSPS) is 22.8. The first-order chi connectivity index (χ1) is 13.2. The zero-order valence-corrected chi connectivity index (χ0v) is 17.3. The van der Waals surface area contributed by atoms with Crippen LogP contribution in [0.25, 0.3) is 0 Å². The maximum Gasteiger partial charge on any atom is 0.322 e. The van der Waals surface area contributed by atoms with Gasteiger partial charge in [-0.05, 0) is 44.2 Å². The number of urea groups is 1. The van der Waals surface area contributed by atoms with E-state index in [2.05, 4.69) is 10.6 Å². The minimum Gasteiger partial charge on any atom is -0.495 e. The second-order valence-corrected chi connectivity index (χ2v) is 8.25. The quantitative estimate of drug-likeness (QED) is 0.706. The Balaban J connectivity index is 1.58. The molecule has 2 saturated heterocycles. The number of nitrogens with zero attached hydrogens (tertiary/aromatic N) is 1. The van der Waals surface area contributed by atoms with Crippen LogP contribution in [0, 0.1) is 0 Å². The van der Waals surface area contributed by atoms with Gasteiger partial charge in [-0.2, -0.15) is 0 Å². The van der Waals surface area contributed by atoms with E-state index in [1.807, 2.05) is 6.07 Å². The number of nitrogens with one attached hydrogen (secondary N) is 2. The van der Waals surface area contributed by atoms with Gasteiger partial charge in [0.2, 0.25) is 5.91 Å². The standard InChI is InChI=1S/C19H23Cl2N3O4/c1-19(17(26)22-18(27)23-19)6-3-15(25)24-7-4-11(5-8-24)13-9-12(20)10-14(21)16(13)28-2/h9-11H,3-8H2,1-2H3,(H2,22,23,26,27)/t19-/m1/s1. The van der Waals surface area contributed by atoms with Crippen molar-refractivity contribution in [1.82, 2.24) is 15.5 Å². The van der Waals surface area contributed by atoms with Crippen molar-refractivity contribution in [3.63, 3.8) is 0 Å². The molecule has 4 amide bonds. The highest BCUT2D eigenvalue weighted by molar-refractivity contribution is 6.35. The Morgan fingerprint density at radius 2 is 1.96 bits per heavy atom. The van der Waals surface area contributed by atoms with Crippen LogP contribution in [-0.4, -0.2) is 48.5 Å². The highest BCUT2D eigenvalue weighted by atomic mass is 35.5. The zero-order chi connectivity index (χ0) is 20.5. The number of carbonyl (C=O) groups is 3. The van der Waals surface area contributed by atoms with Crippen LogP contribution in [0.1, 0.15) is 44.1 Å². The minimum atomic E-state index is -1.03. The van der Waals surface area contributed by atoms with Gasteiger partial charge in [0.05, 0.1) is 12.1 Å². The maximum atomic E-state index is 12.6. The Morgan fingerprint density at radius 3 is 2.54 bits per heavy atom. The summed E-state index contributed by atoms with van der Waals surface area (Å²) in [4.78, 5) is 37.5. The van der Waals surface area contributed by atoms with Crippen molar-refractivity contribution in [2.75, 3.05) is 20.2 Å². The Bertz CT molecular complexity index is 809. The van der Waals surface area contributed by atoms with E-state index < -0.39 is 17.5 Å². The predicted molar refractivity (Wildman–Crippen MR) is 106 cm³/mol. The fourth-order valence-electron chi connectivity index (χ4n) is 3.81. The molecule has 2 N–H and O–H groups in total. The average Bonchev–Trinajstić information content (AvgIpc) is 2.91. The monoisotopic (exact) mass is 427 g/mol. The second-order valence-electron chi connectivity index (χ2n) is 7.41. The van der Waals surface area contributed by atoms with E-state index in [-0.39, 0.29) is 24.7 Å². The molecule has 3 rings (SSSR count). The van der Waals surface area contributed by atoms with Gasteiger partial charge in [-0.1, -0.05) is 23.2 Å². The minimum absolute atomic E-state index is 0.0234. The third kappa shape index (κ3) is 4.20. The predicted octanol–water partition coefficient (Wildman–Crippen LogP) is 3.09. The molecule has 1 aromatic rings. The van der Waals surface area contributed by atoms with E-state index >= 15 is 0 Å². The number of amides is 4. The van der Waals surface area contributed by atoms with Crippen molar-refractivity contribution in [3.8, 4) is 5.75 Å². The van der Waals surface area contributed by atoms with E-state index in [9.17, 15) is 14.4 Å². The summed E-state index contributed by atoms with van der Waals surface area (Å²) in [5, 5.41) is 5.83. The van der Waals surface area contributed by atoms with Crippen LogP contribution < -0.4 is 15.4 Å². The van der Waals surface area contributed by atoms with Crippen LogP contribution in [0.2, 0.25) is 10.0 Å². The van der Waals surface area contributed by atoms with Crippen molar-refractivity contribution >= 4 is 41.0 Å². The van der Waals surface area contributed by atoms with Gasteiger partial charge < -0.3 is 15.0 Å². The van der Waals surface area contributed by atoms with E-state index in [4.69, 9.17) is 27.9 Å². The van der Waals surface area contributed by atoms with Gasteiger partial charge in [-0.25, -0.2) is 4.79 Å². The molecule has 0 bridgehead atoms. The fraction of sp³-hybridized carbons (Fsp3) is 0.526. The molecule has 2 aliphatic rings. The number of likely N-dealkylation sites (tertiary alicyclic amines) is 1. The van der Waals surface area contributed by atoms with Crippen LogP contribution in [0.15, 0.2) is 12.1 Å². The molecule has 9 heteroatoms. The molecule has 7 nitrogen and oxygen atoms in total. The summed E-state index contributed by atoms with van der Waals surface area (Å²) in [6.07, 6.45) is 2.00. The van der Waals surface area contributed by atoms with Gasteiger partial charge in [0.1, 0.15) is 11.3 Å². The smallest absolute Gasteiger partial charge is 0.322 e. The fourth-order valence-corrected chi connectivity index (χ4v) is 4.40. The summed E-state index contributed by atoms with van der Waals surface area (Å²) in [6, 6.07) is 3.01. The van der Waals surface area contributed by atoms with Crippen LogP contribution in [-0.2, 0) is 9.59 Å². The highest BCUT2D eigenvalue weighted by Gasteiger charge is 2.42. The SMILES string of the molecule is COc1c(Cl)cc(Cl)cc1C1CCN(C(=O)CC[C@@]2(C)NC(=O)NC2=O)CC1. The molecule has 28 heavy (non-hydrogen) atoms. The number of hydrogen-bond donors (Lipinski definition) is 2.